The largest absolute Gasteiger partial charge is 0.360 e. The number of nitrogens with one attached hydrogen (secondary N) is 1. The molecule has 186 valence electrons. The van der Waals surface area contributed by atoms with Gasteiger partial charge in [-0.05, 0) is 52.0 Å². The summed E-state index contributed by atoms with van der Waals surface area (Å²) in [5, 5.41) is 6.12. The molecule has 0 saturated heterocycles. The molecule has 0 aliphatic carbocycles. The van der Waals surface area contributed by atoms with Gasteiger partial charge in [0.2, 0.25) is 11.8 Å². The Morgan fingerprint density at radius 3 is 2.11 bits per heavy atom. The lowest BCUT2D eigenvalue weighted by Crippen LogP contribution is -2.39. The molecule has 3 rings (SSSR count). The van der Waals surface area contributed by atoms with Crippen LogP contribution in [0.15, 0.2) is 71.3 Å². The minimum absolute atomic E-state index is 0.00314. The maximum Gasteiger partial charge on any atom is 0.238 e. The minimum atomic E-state index is -0.425. The molecule has 0 fully saturated rings. The molecule has 0 aliphatic heterocycles. The predicted octanol–water partition coefficient (Wildman–Crippen LogP) is 4.61. The van der Waals surface area contributed by atoms with E-state index in [0.717, 1.165) is 24.1 Å². The zero-order valence-electron chi connectivity index (χ0n) is 20.8. The molecule has 1 heterocycles. The summed E-state index contributed by atoms with van der Waals surface area (Å²) in [7, 11) is 4.06. The number of rotatable bonds is 12. The van der Waals surface area contributed by atoms with Crippen LogP contribution in [-0.2, 0) is 9.59 Å². The van der Waals surface area contributed by atoms with Crippen molar-refractivity contribution in [1.29, 1.82) is 0 Å². The van der Waals surface area contributed by atoms with Crippen LogP contribution in [0.2, 0.25) is 0 Å². The second-order valence-electron chi connectivity index (χ2n) is 8.73. The van der Waals surface area contributed by atoms with E-state index in [4.69, 9.17) is 4.52 Å². The number of amides is 2. The molecule has 0 spiro atoms. The molecule has 0 bridgehead atoms. The van der Waals surface area contributed by atoms with Gasteiger partial charge in [0.25, 0.3) is 0 Å². The fourth-order valence-electron chi connectivity index (χ4n) is 3.79. The average molecular weight is 495 g/mol. The van der Waals surface area contributed by atoms with Crippen LogP contribution < -0.4 is 5.32 Å². The summed E-state index contributed by atoms with van der Waals surface area (Å²) in [5.74, 6) is 0.994. The summed E-state index contributed by atoms with van der Waals surface area (Å²) < 4.78 is 5.00. The van der Waals surface area contributed by atoms with Gasteiger partial charge in [-0.2, -0.15) is 0 Å². The van der Waals surface area contributed by atoms with Crippen LogP contribution in [0.5, 0.6) is 0 Å². The Bertz CT molecular complexity index is 1030. The Balaban J connectivity index is 1.76. The Morgan fingerprint density at radius 1 is 1.00 bits per heavy atom. The lowest BCUT2D eigenvalue weighted by Gasteiger charge is -2.33. The van der Waals surface area contributed by atoms with Gasteiger partial charge in [-0.3, -0.25) is 9.59 Å². The van der Waals surface area contributed by atoms with Crippen molar-refractivity contribution < 1.29 is 14.1 Å². The van der Waals surface area contributed by atoms with E-state index < -0.39 is 5.25 Å². The lowest BCUT2D eigenvalue weighted by atomic mass is 9.96. The van der Waals surface area contributed by atoms with Crippen LogP contribution in [0.3, 0.4) is 0 Å². The summed E-state index contributed by atoms with van der Waals surface area (Å²) >= 11 is 1.32. The van der Waals surface area contributed by atoms with Crippen molar-refractivity contribution >= 4 is 29.4 Å². The Labute approximate surface area is 211 Å². The summed E-state index contributed by atoms with van der Waals surface area (Å²) in [6.45, 7) is 5.05. The van der Waals surface area contributed by atoms with Crippen molar-refractivity contribution in [2.24, 2.45) is 0 Å². The number of aryl methyl sites for hydroxylation is 1. The summed E-state index contributed by atoms with van der Waals surface area (Å²) in [5.41, 5.74) is 2.13. The molecule has 0 unspecified atom stereocenters. The van der Waals surface area contributed by atoms with Crippen LogP contribution in [0.1, 0.15) is 36.3 Å². The third-order valence-electron chi connectivity index (χ3n) is 5.57. The quantitative estimate of drug-likeness (QED) is 0.396. The third-order valence-corrected chi connectivity index (χ3v) is 6.70. The highest BCUT2D eigenvalue weighted by Gasteiger charge is 2.27. The Morgan fingerprint density at radius 2 is 1.60 bits per heavy atom. The van der Waals surface area contributed by atoms with E-state index in [2.05, 4.69) is 39.6 Å². The van der Waals surface area contributed by atoms with Gasteiger partial charge in [0.15, 0.2) is 5.82 Å². The third kappa shape index (κ3) is 7.97. The molecule has 1 N–H and O–H groups in total. The molecular weight excluding hydrogens is 460 g/mol. The molecule has 1 atom stereocenters. The van der Waals surface area contributed by atoms with Crippen LogP contribution in [0.4, 0.5) is 5.82 Å². The zero-order chi connectivity index (χ0) is 25.2. The number of nitrogens with zero attached hydrogens (tertiary/aromatic N) is 3. The van der Waals surface area contributed by atoms with E-state index in [1.807, 2.05) is 55.4 Å². The standard InChI is InChI=1S/C27H34N4O3S/c1-20-18-24(29-34-20)28-27(33)21(2)35-19-25(32)31(17-11-16-30(3)4)26(22-12-7-5-8-13-22)23-14-9-6-10-15-23/h5-10,12-15,18,21,26H,11,16-17,19H2,1-4H3,(H,28,29,33)/t21-/m1/s1. The van der Waals surface area contributed by atoms with E-state index in [1.54, 1.807) is 19.9 Å². The predicted molar refractivity (Wildman–Crippen MR) is 141 cm³/mol. The average Bonchev–Trinajstić information content (AvgIpc) is 3.27. The van der Waals surface area contributed by atoms with Crippen molar-refractivity contribution in [2.75, 3.05) is 38.3 Å². The van der Waals surface area contributed by atoms with Crippen LogP contribution in [0, 0.1) is 6.92 Å². The number of carbonyl (C=O) groups is 2. The molecule has 8 heteroatoms. The first-order valence-corrected chi connectivity index (χ1v) is 12.8. The molecule has 1 aromatic heterocycles. The van der Waals surface area contributed by atoms with Crippen molar-refractivity contribution in [3.05, 3.63) is 83.6 Å². The van der Waals surface area contributed by atoms with Gasteiger partial charge in [0, 0.05) is 12.6 Å². The van der Waals surface area contributed by atoms with E-state index >= 15 is 0 Å². The highest BCUT2D eigenvalue weighted by Crippen LogP contribution is 2.30. The fraction of sp³-hybridized carbons (Fsp3) is 0.370. The highest BCUT2D eigenvalue weighted by molar-refractivity contribution is 8.01. The molecule has 35 heavy (non-hydrogen) atoms. The van der Waals surface area contributed by atoms with E-state index in [1.165, 1.54) is 11.8 Å². The molecule has 2 amide bonds. The van der Waals surface area contributed by atoms with E-state index in [9.17, 15) is 9.59 Å². The molecule has 0 saturated carbocycles. The first kappa shape index (κ1) is 26.5. The van der Waals surface area contributed by atoms with Crippen LogP contribution in [0.25, 0.3) is 0 Å². The highest BCUT2D eigenvalue weighted by atomic mass is 32.2. The maximum atomic E-state index is 13.6. The molecule has 2 aromatic carbocycles. The first-order valence-electron chi connectivity index (χ1n) is 11.7. The van der Waals surface area contributed by atoms with E-state index in [-0.39, 0.29) is 23.6 Å². The molecule has 0 radical (unpaired) electrons. The number of hydrogen-bond acceptors (Lipinski definition) is 6. The summed E-state index contributed by atoms with van der Waals surface area (Å²) in [6, 6.07) is 21.7. The van der Waals surface area contributed by atoms with Gasteiger partial charge in [-0.25, -0.2) is 0 Å². The van der Waals surface area contributed by atoms with Gasteiger partial charge in [0.05, 0.1) is 17.0 Å². The number of carbonyl (C=O) groups excluding carboxylic acids is 2. The minimum Gasteiger partial charge on any atom is -0.360 e. The van der Waals surface area contributed by atoms with Gasteiger partial charge in [-0.1, -0.05) is 65.8 Å². The van der Waals surface area contributed by atoms with Gasteiger partial charge in [0.1, 0.15) is 5.76 Å². The number of hydrogen-bond donors (Lipinski definition) is 1. The SMILES string of the molecule is Cc1cc(NC(=O)[C@@H](C)SCC(=O)N(CCCN(C)C)C(c2ccccc2)c2ccccc2)no1. The van der Waals surface area contributed by atoms with Crippen LogP contribution in [-0.4, -0.2) is 65.0 Å². The number of anilines is 1. The molecular formula is C27H34N4O3S. The first-order chi connectivity index (χ1) is 16.8. The monoisotopic (exact) mass is 494 g/mol. The van der Waals surface area contributed by atoms with Crippen molar-refractivity contribution in [3.8, 4) is 0 Å². The fourth-order valence-corrected chi connectivity index (χ4v) is 4.55. The van der Waals surface area contributed by atoms with Gasteiger partial charge in [-0.15, -0.1) is 11.8 Å². The summed E-state index contributed by atoms with van der Waals surface area (Å²) in [4.78, 5) is 30.3. The Hall–Kier alpha value is -3.10. The smallest absolute Gasteiger partial charge is 0.238 e. The van der Waals surface area contributed by atoms with E-state index in [0.29, 0.717) is 18.1 Å². The normalized spacial score (nSPS) is 12.1. The lowest BCUT2D eigenvalue weighted by molar-refractivity contribution is -0.130. The van der Waals surface area contributed by atoms with Crippen LogP contribution >= 0.6 is 11.8 Å². The second-order valence-corrected chi connectivity index (χ2v) is 10.1. The number of benzene rings is 2. The topological polar surface area (TPSA) is 78.7 Å². The molecule has 3 aromatic rings. The number of thioether (sulfide) groups is 1. The zero-order valence-corrected chi connectivity index (χ0v) is 21.6. The number of aromatic nitrogens is 1. The second kappa shape index (κ2) is 13.1. The molecule has 7 nitrogen and oxygen atoms in total. The molecule has 0 aliphatic rings. The van der Waals surface area contributed by atoms with Gasteiger partial charge >= 0.3 is 0 Å². The maximum absolute atomic E-state index is 13.6. The van der Waals surface area contributed by atoms with Crippen molar-refractivity contribution in [2.45, 2.75) is 31.6 Å². The summed E-state index contributed by atoms with van der Waals surface area (Å²) in [6.07, 6.45) is 0.848. The Kier molecular flexibility index (Phi) is 9.93. The van der Waals surface area contributed by atoms with Gasteiger partial charge < -0.3 is 19.6 Å². The van der Waals surface area contributed by atoms with Crippen molar-refractivity contribution in [1.82, 2.24) is 15.0 Å². The van der Waals surface area contributed by atoms with Crippen molar-refractivity contribution in [3.63, 3.8) is 0 Å².